The van der Waals surface area contributed by atoms with E-state index in [9.17, 15) is 43.8 Å². The fourth-order valence-corrected chi connectivity index (χ4v) is 5.98. The smallest absolute Gasteiger partial charge is 0.246 e. The number of nitrogens with two attached hydrogens (primary N) is 1. The summed E-state index contributed by atoms with van der Waals surface area (Å²) in [7, 11) is 5.68. The number of hydrogen-bond acceptors (Lipinski definition) is 9. The minimum Gasteiger partial charge on any atom is -0.396 e. The standard InChI is InChI=1S/C37H69N7O9/c1-14-15-28(46)44(13)31(32(48)24(8)16-17-45)35(51)39-25(9)36(52)41(10)20-29(47)42(11)27(19-22(4)5)34(50)40-30(23(6)7)37(53)43(12)26(33(38)49)18-21(2)3/h21-27,30-32,45,48H,14-20H2,1-13H3,(H2,38,49)(H,39,51)(H,40,50)/t24-,25-,26+,27+,30+,31+,32-/m1/s1. The number of rotatable bonds is 23. The minimum atomic E-state index is -1.34. The van der Waals surface area contributed by atoms with E-state index in [-0.39, 0.29) is 49.5 Å². The average Bonchev–Trinajstić information content (AvgIpc) is 3.06. The van der Waals surface area contributed by atoms with Crippen molar-refractivity contribution < 1.29 is 43.8 Å². The van der Waals surface area contributed by atoms with Crippen molar-refractivity contribution >= 4 is 41.4 Å². The van der Waals surface area contributed by atoms with E-state index in [4.69, 9.17) is 5.73 Å². The van der Waals surface area contributed by atoms with Crippen molar-refractivity contribution in [3.63, 3.8) is 0 Å². The van der Waals surface area contributed by atoms with Crippen LogP contribution in [-0.4, -0.2) is 149 Å². The first-order valence-corrected chi connectivity index (χ1v) is 18.7. The van der Waals surface area contributed by atoms with Gasteiger partial charge in [-0.3, -0.25) is 33.6 Å². The van der Waals surface area contributed by atoms with Crippen LogP contribution >= 0.6 is 0 Å². The second-order valence-corrected chi connectivity index (χ2v) is 15.5. The maximum Gasteiger partial charge on any atom is 0.246 e. The van der Waals surface area contributed by atoms with Gasteiger partial charge in [0.25, 0.3) is 0 Å². The Bertz CT molecular complexity index is 1240. The summed E-state index contributed by atoms with van der Waals surface area (Å²) in [5.74, 6) is -4.95. The van der Waals surface area contributed by atoms with Gasteiger partial charge in [-0.1, -0.05) is 55.4 Å². The Morgan fingerprint density at radius 1 is 0.698 bits per heavy atom. The first-order valence-electron chi connectivity index (χ1n) is 18.7. The highest BCUT2D eigenvalue weighted by atomic mass is 16.3. The van der Waals surface area contributed by atoms with Crippen LogP contribution in [0.4, 0.5) is 0 Å². The predicted octanol–water partition coefficient (Wildman–Crippen LogP) is 0.328. The van der Waals surface area contributed by atoms with Gasteiger partial charge in [0, 0.05) is 41.2 Å². The molecule has 7 atom stereocenters. The van der Waals surface area contributed by atoms with Crippen LogP contribution < -0.4 is 16.4 Å². The summed E-state index contributed by atoms with van der Waals surface area (Å²) in [6, 6.07) is -5.39. The second kappa shape index (κ2) is 23.1. The third-order valence-electron chi connectivity index (χ3n) is 9.44. The second-order valence-electron chi connectivity index (χ2n) is 15.5. The Morgan fingerprint density at radius 2 is 1.23 bits per heavy atom. The molecule has 16 heteroatoms. The molecule has 0 saturated heterocycles. The highest BCUT2D eigenvalue weighted by molar-refractivity contribution is 5.96. The first kappa shape index (κ1) is 49.2. The van der Waals surface area contributed by atoms with Crippen LogP contribution in [0.25, 0.3) is 0 Å². The summed E-state index contributed by atoms with van der Waals surface area (Å²) in [6.45, 7) is 15.3. The minimum absolute atomic E-state index is 0.0394. The van der Waals surface area contributed by atoms with Gasteiger partial charge in [0.05, 0.1) is 12.6 Å². The van der Waals surface area contributed by atoms with Crippen LogP contribution in [0.1, 0.15) is 94.4 Å². The van der Waals surface area contributed by atoms with Gasteiger partial charge in [0.15, 0.2) is 0 Å². The van der Waals surface area contributed by atoms with Crippen LogP contribution in [-0.2, 0) is 33.6 Å². The topological polar surface area (TPSA) is 223 Å². The van der Waals surface area contributed by atoms with Crippen molar-refractivity contribution in [2.24, 2.45) is 29.4 Å². The molecular formula is C37H69N7O9. The Hall–Kier alpha value is -3.79. The summed E-state index contributed by atoms with van der Waals surface area (Å²) in [6.07, 6.45) is 0.105. The molecule has 0 radical (unpaired) electrons. The summed E-state index contributed by atoms with van der Waals surface area (Å²) in [5.41, 5.74) is 5.61. The van der Waals surface area contributed by atoms with E-state index in [1.165, 1.54) is 44.9 Å². The zero-order valence-corrected chi connectivity index (χ0v) is 34.3. The molecule has 0 fully saturated rings. The monoisotopic (exact) mass is 756 g/mol. The number of nitrogens with zero attached hydrogens (tertiary/aromatic N) is 4. The number of hydrogen-bond donors (Lipinski definition) is 5. The van der Waals surface area contributed by atoms with Gasteiger partial charge in [0.2, 0.25) is 41.4 Å². The molecule has 0 spiro atoms. The van der Waals surface area contributed by atoms with Gasteiger partial charge in [-0.15, -0.1) is 0 Å². The molecule has 0 aromatic rings. The van der Waals surface area contributed by atoms with Gasteiger partial charge >= 0.3 is 0 Å². The fourth-order valence-electron chi connectivity index (χ4n) is 5.98. The van der Waals surface area contributed by atoms with Gasteiger partial charge < -0.3 is 46.2 Å². The van der Waals surface area contributed by atoms with Crippen molar-refractivity contribution in [1.82, 2.24) is 30.2 Å². The van der Waals surface area contributed by atoms with E-state index < -0.39 is 84.2 Å². The van der Waals surface area contributed by atoms with Crippen molar-refractivity contribution in [3.05, 3.63) is 0 Å². The summed E-state index contributed by atoms with van der Waals surface area (Å²) in [4.78, 5) is 97.5. The van der Waals surface area contributed by atoms with Crippen molar-refractivity contribution in [3.8, 4) is 0 Å². The maximum absolute atomic E-state index is 13.8. The number of carbonyl (C=O) groups excluding carboxylic acids is 7. The van der Waals surface area contributed by atoms with Crippen LogP contribution in [0, 0.1) is 23.7 Å². The molecule has 0 unspecified atom stereocenters. The van der Waals surface area contributed by atoms with E-state index in [0.29, 0.717) is 12.8 Å². The third kappa shape index (κ3) is 15.2. The maximum atomic E-state index is 13.8. The highest BCUT2D eigenvalue weighted by Gasteiger charge is 2.39. The quantitative estimate of drug-likeness (QED) is 0.0968. The number of nitrogens with one attached hydrogen (secondary N) is 2. The zero-order valence-electron chi connectivity index (χ0n) is 34.3. The first-order chi connectivity index (χ1) is 24.4. The molecule has 0 aliphatic rings. The van der Waals surface area contributed by atoms with Crippen LogP contribution in [0.5, 0.6) is 0 Å². The molecule has 306 valence electrons. The van der Waals surface area contributed by atoms with Crippen molar-refractivity contribution in [2.45, 2.75) is 131 Å². The van der Waals surface area contributed by atoms with E-state index in [2.05, 4.69) is 10.6 Å². The lowest BCUT2D eigenvalue weighted by atomic mass is 9.93. The molecule has 0 saturated carbocycles. The van der Waals surface area contributed by atoms with Crippen LogP contribution in [0.2, 0.25) is 0 Å². The molecule has 6 N–H and O–H groups in total. The lowest BCUT2D eigenvalue weighted by Crippen LogP contribution is -2.60. The number of carbonyl (C=O) groups is 7. The van der Waals surface area contributed by atoms with Crippen LogP contribution in [0.15, 0.2) is 0 Å². The normalized spacial score (nSPS) is 15.4. The van der Waals surface area contributed by atoms with E-state index in [0.717, 1.165) is 9.80 Å². The molecule has 0 aliphatic carbocycles. The fraction of sp³-hybridized carbons (Fsp3) is 0.811. The summed E-state index contributed by atoms with van der Waals surface area (Å²) >= 11 is 0. The number of aliphatic hydroxyl groups is 2. The Balaban J connectivity index is 6.03. The molecule has 16 nitrogen and oxygen atoms in total. The molecule has 0 aromatic carbocycles. The average molecular weight is 756 g/mol. The number of aliphatic hydroxyl groups excluding tert-OH is 2. The molecule has 0 rings (SSSR count). The molecule has 53 heavy (non-hydrogen) atoms. The predicted molar refractivity (Wildman–Crippen MR) is 202 cm³/mol. The highest BCUT2D eigenvalue weighted by Crippen LogP contribution is 2.19. The lowest BCUT2D eigenvalue weighted by molar-refractivity contribution is -0.148. The Labute approximate surface area is 316 Å². The van der Waals surface area contributed by atoms with Crippen LogP contribution in [0.3, 0.4) is 0 Å². The van der Waals surface area contributed by atoms with E-state index in [1.807, 2.05) is 27.7 Å². The van der Waals surface area contributed by atoms with Gasteiger partial charge in [-0.25, -0.2) is 0 Å². The lowest BCUT2D eigenvalue weighted by Gasteiger charge is -2.35. The van der Waals surface area contributed by atoms with Gasteiger partial charge in [-0.05, 0) is 56.3 Å². The number of amides is 7. The zero-order chi connectivity index (χ0) is 41.5. The van der Waals surface area contributed by atoms with Gasteiger partial charge in [0.1, 0.15) is 30.2 Å². The number of likely N-dealkylation sites (N-methyl/N-ethyl adjacent to an activating group) is 4. The Morgan fingerprint density at radius 3 is 1.68 bits per heavy atom. The van der Waals surface area contributed by atoms with Crippen molar-refractivity contribution in [2.75, 3.05) is 41.3 Å². The molecule has 0 aromatic heterocycles. The van der Waals surface area contributed by atoms with E-state index in [1.54, 1.807) is 27.7 Å². The van der Waals surface area contributed by atoms with E-state index >= 15 is 0 Å². The Kier molecular flexibility index (Phi) is 21.4. The SMILES string of the molecule is CCCC(=O)N(C)[C@H](C(=O)N[C@H](C)C(=O)N(C)CC(=O)N(C)[C@@H](CC(C)C)C(=O)N[C@H](C(=O)N(C)[C@@H](CC(C)C)C(N)=O)C(C)C)[C@H](O)[C@H](C)CCO. The summed E-state index contributed by atoms with van der Waals surface area (Å²) in [5, 5.41) is 25.7. The third-order valence-corrected chi connectivity index (χ3v) is 9.44. The summed E-state index contributed by atoms with van der Waals surface area (Å²) < 4.78 is 0. The number of primary amides is 1. The van der Waals surface area contributed by atoms with Crippen molar-refractivity contribution in [1.29, 1.82) is 0 Å². The molecule has 7 amide bonds. The largest absolute Gasteiger partial charge is 0.396 e. The molecule has 0 aliphatic heterocycles. The molecule has 0 heterocycles. The molecular weight excluding hydrogens is 686 g/mol. The molecule has 0 bridgehead atoms. The van der Waals surface area contributed by atoms with Gasteiger partial charge in [-0.2, -0.15) is 0 Å².